The highest BCUT2D eigenvalue weighted by Crippen LogP contribution is 2.32. The number of benzene rings is 2. The molecule has 0 bridgehead atoms. The molecule has 1 aliphatic rings. The van der Waals surface area contributed by atoms with E-state index in [0.29, 0.717) is 41.5 Å². The molecule has 4 rings (SSSR count). The van der Waals surface area contributed by atoms with Crippen molar-refractivity contribution in [1.82, 2.24) is 15.3 Å². The highest BCUT2D eigenvalue weighted by Gasteiger charge is 2.15. The van der Waals surface area contributed by atoms with Crippen LogP contribution >= 0.6 is 11.6 Å². The van der Waals surface area contributed by atoms with Crippen LogP contribution in [0.3, 0.4) is 0 Å². The molecule has 4 N–H and O–H groups in total. The summed E-state index contributed by atoms with van der Waals surface area (Å²) in [7, 11) is 0. The van der Waals surface area contributed by atoms with Crippen molar-refractivity contribution in [3.63, 3.8) is 0 Å². The van der Waals surface area contributed by atoms with Gasteiger partial charge in [-0.1, -0.05) is 17.7 Å². The lowest BCUT2D eigenvalue weighted by molar-refractivity contribution is -0.159. The van der Waals surface area contributed by atoms with Crippen LogP contribution in [0.4, 0.5) is 0 Å². The maximum atomic E-state index is 12.2. The molecule has 0 saturated heterocycles. The first-order valence-electron chi connectivity index (χ1n) is 9.52. The Morgan fingerprint density at radius 3 is 2.50 bits per heavy atom. The molecule has 1 atom stereocenters. The topological polar surface area (TPSA) is 151 Å². The first-order chi connectivity index (χ1) is 15.2. The van der Waals surface area contributed by atoms with E-state index in [-0.39, 0.29) is 11.6 Å². The third-order valence-electron chi connectivity index (χ3n) is 4.54. The van der Waals surface area contributed by atoms with Gasteiger partial charge < -0.3 is 30.0 Å². The highest BCUT2D eigenvalue weighted by atomic mass is 35.5. The fourth-order valence-electron chi connectivity index (χ4n) is 2.94. The van der Waals surface area contributed by atoms with E-state index in [1.807, 2.05) is 25.1 Å². The van der Waals surface area contributed by atoms with Gasteiger partial charge in [-0.05, 0) is 42.8 Å². The van der Waals surface area contributed by atoms with Gasteiger partial charge >= 0.3 is 11.9 Å². The van der Waals surface area contributed by atoms with Crippen molar-refractivity contribution >= 4 is 34.4 Å². The molecule has 2 heterocycles. The number of aromatic nitrogens is 2. The van der Waals surface area contributed by atoms with Crippen LogP contribution in [0.2, 0.25) is 5.02 Å². The van der Waals surface area contributed by atoms with Crippen LogP contribution in [0.25, 0.3) is 10.9 Å². The Balaban J connectivity index is 0.000000427. The second-order valence-corrected chi connectivity index (χ2v) is 7.23. The number of aromatic amines is 1. The molecule has 3 aromatic rings. The predicted molar refractivity (Wildman–Crippen MR) is 115 cm³/mol. The minimum absolute atomic E-state index is 0.0528. The van der Waals surface area contributed by atoms with E-state index in [9.17, 15) is 4.79 Å². The fourth-order valence-corrected chi connectivity index (χ4v) is 3.11. The van der Waals surface area contributed by atoms with E-state index in [4.69, 9.17) is 40.9 Å². The van der Waals surface area contributed by atoms with Gasteiger partial charge in [0, 0.05) is 11.1 Å². The zero-order valence-electron chi connectivity index (χ0n) is 16.9. The number of rotatable bonds is 4. The van der Waals surface area contributed by atoms with E-state index >= 15 is 0 Å². The predicted octanol–water partition coefficient (Wildman–Crippen LogP) is 2.35. The number of halogens is 1. The van der Waals surface area contributed by atoms with Crippen molar-refractivity contribution in [1.29, 1.82) is 0 Å². The zero-order chi connectivity index (χ0) is 23.3. The molecule has 0 aliphatic carbocycles. The molecule has 1 aromatic heterocycles. The lowest BCUT2D eigenvalue weighted by atomic mass is 10.1. The maximum absolute atomic E-state index is 12.2. The average molecular weight is 462 g/mol. The number of carboxylic acid groups (broad SMARTS) is 2. The summed E-state index contributed by atoms with van der Waals surface area (Å²) in [5.74, 6) is -1.54. The first kappa shape index (κ1) is 23.0. The van der Waals surface area contributed by atoms with E-state index < -0.39 is 11.9 Å². The number of nitrogens with zero attached hydrogens (tertiary/aromatic N) is 1. The summed E-state index contributed by atoms with van der Waals surface area (Å²) in [6.45, 7) is 3.62. The number of fused-ring (bicyclic) bond motifs is 2. The van der Waals surface area contributed by atoms with Crippen LogP contribution < -0.4 is 20.3 Å². The van der Waals surface area contributed by atoms with Crippen LogP contribution in [0, 0.1) is 0 Å². The Morgan fingerprint density at radius 2 is 1.81 bits per heavy atom. The van der Waals surface area contributed by atoms with Crippen LogP contribution in [-0.4, -0.2) is 45.3 Å². The summed E-state index contributed by atoms with van der Waals surface area (Å²) in [5, 5.41) is 19.2. The molecule has 0 fully saturated rings. The number of carbonyl (C=O) groups is 2. The van der Waals surface area contributed by atoms with Crippen molar-refractivity contribution in [3.05, 3.63) is 63.2 Å². The molecule has 32 heavy (non-hydrogen) atoms. The van der Waals surface area contributed by atoms with Gasteiger partial charge in [-0.2, -0.15) is 0 Å². The summed E-state index contributed by atoms with van der Waals surface area (Å²) in [5.41, 5.74) is 1.51. The van der Waals surface area contributed by atoms with E-state index in [0.717, 1.165) is 17.1 Å². The molecule has 168 valence electrons. The molecule has 1 aliphatic heterocycles. The third kappa shape index (κ3) is 5.74. The monoisotopic (exact) mass is 461 g/mol. The Morgan fingerprint density at radius 1 is 1.12 bits per heavy atom. The van der Waals surface area contributed by atoms with E-state index in [2.05, 4.69) is 15.3 Å². The second kappa shape index (κ2) is 10.1. The second-order valence-electron chi connectivity index (χ2n) is 6.79. The largest absolute Gasteiger partial charge is 0.486 e. The molecular formula is C21H20ClN3O7. The van der Waals surface area contributed by atoms with E-state index in [1.165, 1.54) is 0 Å². The zero-order valence-corrected chi connectivity index (χ0v) is 17.7. The van der Waals surface area contributed by atoms with Crippen LogP contribution in [0.15, 0.2) is 41.2 Å². The van der Waals surface area contributed by atoms with Gasteiger partial charge in [0.25, 0.3) is 5.56 Å². The minimum atomic E-state index is -1.82. The van der Waals surface area contributed by atoms with Crippen molar-refractivity contribution in [2.45, 2.75) is 19.5 Å². The van der Waals surface area contributed by atoms with Crippen molar-refractivity contribution in [2.75, 3.05) is 13.2 Å². The smallest absolute Gasteiger partial charge is 0.414 e. The standard InChI is InChI=1S/C19H18ClN3O3.C2H2O4/c1-11(12-2-5-16-17(8-12)26-7-6-25-16)21-10-18-22-15-4-3-13(20)9-14(15)19(24)23-18;3-1(4)2(5)6/h2-5,8-9,11,21H,6-7,10H2,1H3,(H,22,23,24);(H,3,4)(H,5,6). The van der Waals surface area contributed by atoms with Gasteiger partial charge in [0.2, 0.25) is 0 Å². The van der Waals surface area contributed by atoms with Gasteiger partial charge in [0.05, 0.1) is 17.4 Å². The molecule has 10 nitrogen and oxygen atoms in total. The minimum Gasteiger partial charge on any atom is -0.486 e. The number of carboxylic acids is 2. The molecule has 0 spiro atoms. The fraction of sp³-hybridized carbons (Fsp3) is 0.238. The molecule has 1 unspecified atom stereocenters. The number of H-pyrrole nitrogens is 1. The van der Waals surface area contributed by atoms with E-state index in [1.54, 1.807) is 18.2 Å². The summed E-state index contributed by atoms with van der Waals surface area (Å²) in [6.07, 6.45) is 0. The van der Waals surface area contributed by atoms with Gasteiger partial charge in [-0.3, -0.25) is 4.79 Å². The van der Waals surface area contributed by atoms with Crippen molar-refractivity contribution in [2.24, 2.45) is 0 Å². The quantitative estimate of drug-likeness (QED) is 0.429. The SMILES string of the molecule is CC(NCc1nc2ccc(Cl)cc2c(=O)[nH]1)c1ccc2c(c1)OCCO2.O=C(O)C(=O)O. The molecular weight excluding hydrogens is 442 g/mol. The van der Waals surface area contributed by atoms with Gasteiger partial charge in [-0.25, -0.2) is 14.6 Å². The van der Waals surface area contributed by atoms with Gasteiger partial charge in [0.15, 0.2) is 11.5 Å². The number of nitrogens with one attached hydrogen (secondary N) is 2. The normalized spacial score (nSPS) is 13.1. The van der Waals surface area contributed by atoms with Crippen LogP contribution in [0.5, 0.6) is 11.5 Å². The Kier molecular flexibility index (Phi) is 7.29. The molecule has 2 aromatic carbocycles. The molecule has 0 saturated carbocycles. The van der Waals surface area contributed by atoms with Crippen molar-refractivity contribution in [3.8, 4) is 11.5 Å². The highest BCUT2D eigenvalue weighted by molar-refractivity contribution is 6.31. The van der Waals surface area contributed by atoms with Gasteiger partial charge in [0.1, 0.15) is 19.0 Å². The Bertz CT molecular complexity index is 1200. The lowest BCUT2D eigenvalue weighted by Crippen LogP contribution is -2.22. The number of hydrogen-bond donors (Lipinski definition) is 4. The molecule has 0 radical (unpaired) electrons. The molecule has 0 amide bonds. The number of hydrogen-bond acceptors (Lipinski definition) is 7. The summed E-state index contributed by atoms with van der Waals surface area (Å²) < 4.78 is 11.2. The average Bonchev–Trinajstić information content (AvgIpc) is 2.78. The van der Waals surface area contributed by atoms with Crippen LogP contribution in [-0.2, 0) is 16.1 Å². The maximum Gasteiger partial charge on any atom is 0.414 e. The number of aliphatic carboxylic acids is 2. The lowest BCUT2D eigenvalue weighted by Gasteiger charge is -2.21. The summed E-state index contributed by atoms with van der Waals surface area (Å²) in [6, 6.07) is 11.1. The summed E-state index contributed by atoms with van der Waals surface area (Å²) in [4.78, 5) is 37.7. The third-order valence-corrected chi connectivity index (χ3v) is 4.78. The molecule has 11 heteroatoms. The first-order valence-corrected chi connectivity index (χ1v) is 9.90. The Hall–Kier alpha value is -3.63. The Labute approximate surface area is 186 Å². The van der Waals surface area contributed by atoms with Gasteiger partial charge in [-0.15, -0.1) is 0 Å². The number of ether oxygens (including phenoxy) is 2. The summed E-state index contributed by atoms with van der Waals surface area (Å²) >= 11 is 5.94. The van der Waals surface area contributed by atoms with Crippen LogP contribution in [0.1, 0.15) is 24.4 Å². The van der Waals surface area contributed by atoms with Crippen molar-refractivity contribution < 1.29 is 29.3 Å².